The molecule has 5 rings (SSSR count). The first kappa shape index (κ1) is 27.5. The van der Waals surface area contributed by atoms with Crippen LogP contribution in [-0.4, -0.2) is 62.0 Å². The predicted octanol–water partition coefficient (Wildman–Crippen LogP) is 3.68. The molecule has 1 atom stereocenters. The summed E-state index contributed by atoms with van der Waals surface area (Å²) in [6, 6.07) is 5.53. The van der Waals surface area contributed by atoms with Gasteiger partial charge in [-0.05, 0) is 44.2 Å². The summed E-state index contributed by atoms with van der Waals surface area (Å²) in [5, 5.41) is 5.71. The van der Waals surface area contributed by atoms with Gasteiger partial charge in [-0.2, -0.15) is 17.5 Å². The van der Waals surface area contributed by atoms with Gasteiger partial charge in [-0.1, -0.05) is 0 Å². The maximum Gasteiger partial charge on any atom is 0.416 e. The van der Waals surface area contributed by atoms with Gasteiger partial charge in [0.05, 0.1) is 59.5 Å². The van der Waals surface area contributed by atoms with E-state index in [1.54, 1.807) is 26.2 Å². The van der Waals surface area contributed by atoms with Gasteiger partial charge < -0.3 is 15.2 Å². The number of carbonyl (C=O) groups excluding carboxylic acids is 1. The van der Waals surface area contributed by atoms with Crippen LogP contribution >= 0.6 is 0 Å². The van der Waals surface area contributed by atoms with Crippen molar-refractivity contribution in [3.8, 4) is 0 Å². The molecule has 1 fully saturated rings. The highest BCUT2D eigenvalue weighted by molar-refractivity contribution is 7.89. The van der Waals surface area contributed by atoms with Crippen LogP contribution in [0.2, 0.25) is 0 Å². The first-order valence-corrected chi connectivity index (χ1v) is 13.9. The largest absolute Gasteiger partial charge is 0.416 e. The van der Waals surface area contributed by atoms with E-state index in [4.69, 9.17) is 0 Å². The number of aromatic nitrogens is 5. The van der Waals surface area contributed by atoms with Gasteiger partial charge in [-0.3, -0.25) is 9.78 Å². The SMILES string of the molecule is CCS(=O)(=O)N1CC(n2cnc3cnc(C(=O)N[C@H](C)c4cnc(Nc5ccc(C(F)(F)F)cc5)cn4)cc32)C1. The van der Waals surface area contributed by atoms with Gasteiger partial charge >= 0.3 is 6.18 Å². The number of anilines is 2. The fraction of sp³-hybridized carbons (Fsp3) is 0.320. The summed E-state index contributed by atoms with van der Waals surface area (Å²) in [5.74, 6) is -0.0806. The van der Waals surface area contributed by atoms with E-state index in [-0.39, 0.29) is 17.5 Å². The number of sulfonamides is 1. The average molecular weight is 575 g/mol. The lowest BCUT2D eigenvalue weighted by atomic mass is 10.1. The molecule has 40 heavy (non-hydrogen) atoms. The van der Waals surface area contributed by atoms with Crippen molar-refractivity contribution in [2.75, 3.05) is 24.2 Å². The minimum atomic E-state index is -4.42. The normalized spacial score (nSPS) is 15.5. The zero-order valence-electron chi connectivity index (χ0n) is 21.4. The van der Waals surface area contributed by atoms with Crippen LogP contribution in [0.25, 0.3) is 11.0 Å². The maximum atomic E-state index is 13.0. The quantitative estimate of drug-likeness (QED) is 0.326. The zero-order chi connectivity index (χ0) is 28.7. The predicted molar refractivity (Wildman–Crippen MR) is 140 cm³/mol. The molecule has 1 aliphatic heterocycles. The number of pyridine rings is 1. The topological polar surface area (TPSA) is 135 Å². The number of rotatable bonds is 8. The van der Waals surface area contributed by atoms with Crippen molar-refractivity contribution in [3.05, 3.63) is 72.2 Å². The van der Waals surface area contributed by atoms with E-state index in [1.165, 1.54) is 35.0 Å². The summed E-state index contributed by atoms with van der Waals surface area (Å²) < 4.78 is 65.6. The molecular weight excluding hydrogens is 549 g/mol. The molecule has 1 amide bonds. The molecule has 0 bridgehead atoms. The fourth-order valence-corrected chi connectivity index (χ4v) is 5.37. The molecule has 1 saturated heterocycles. The van der Waals surface area contributed by atoms with Crippen LogP contribution in [0.5, 0.6) is 0 Å². The van der Waals surface area contributed by atoms with Gasteiger partial charge in [0.1, 0.15) is 17.0 Å². The average Bonchev–Trinajstić information content (AvgIpc) is 3.30. The Morgan fingerprint density at radius 2 is 1.80 bits per heavy atom. The van der Waals surface area contributed by atoms with Crippen molar-refractivity contribution < 1.29 is 26.4 Å². The Kier molecular flexibility index (Phi) is 7.18. The van der Waals surface area contributed by atoms with E-state index in [0.29, 0.717) is 41.3 Å². The number of amides is 1. The molecule has 0 saturated carbocycles. The number of nitrogens with zero attached hydrogens (tertiary/aromatic N) is 6. The smallest absolute Gasteiger partial charge is 0.343 e. The monoisotopic (exact) mass is 574 g/mol. The van der Waals surface area contributed by atoms with Crippen molar-refractivity contribution >= 4 is 38.5 Å². The molecule has 3 aromatic heterocycles. The minimum Gasteiger partial charge on any atom is -0.343 e. The third kappa shape index (κ3) is 5.60. The molecule has 15 heteroatoms. The summed E-state index contributed by atoms with van der Waals surface area (Å²) >= 11 is 0. The van der Waals surface area contributed by atoms with Crippen LogP contribution in [0.15, 0.2) is 55.2 Å². The van der Waals surface area contributed by atoms with Crippen molar-refractivity contribution in [1.82, 2.24) is 34.1 Å². The van der Waals surface area contributed by atoms with Gasteiger partial charge in [0, 0.05) is 18.8 Å². The third-order valence-electron chi connectivity index (χ3n) is 6.62. The second-order valence-electron chi connectivity index (χ2n) is 9.30. The fourth-order valence-electron chi connectivity index (χ4n) is 4.21. The van der Waals surface area contributed by atoms with E-state index >= 15 is 0 Å². The van der Waals surface area contributed by atoms with Crippen LogP contribution in [-0.2, 0) is 16.2 Å². The van der Waals surface area contributed by atoms with Crippen LogP contribution < -0.4 is 10.6 Å². The van der Waals surface area contributed by atoms with Crippen LogP contribution in [0.3, 0.4) is 0 Å². The summed E-state index contributed by atoms with van der Waals surface area (Å²) in [4.78, 5) is 30.0. The Hall–Kier alpha value is -4.11. The molecule has 0 aliphatic carbocycles. The zero-order valence-corrected chi connectivity index (χ0v) is 22.2. The summed E-state index contributed by atoms with van der Waals surface area (Å²) in [6.07, 6.45) is 1.56. The van der Waals surface area contributed by atoms with Crippen molar-refractivity contribution in [2.24, 2.45) is 0 Å². The van der Waals surface area contributed by atoms with Gasteiger partial charge in [0.25, 0.3) is 5.91 Å². The Morgan fingerprint density at radius 1 is 1.07 bits per heavy atom. The number of hydrogen-bond donors (Lipinski definition) is 2. The van der Waals surface area contributed by atoms with E-state index in [0.717, 1.165) is 12.1 Å². The molecule has 11 nitrogen and oxygen atoms in total. The molecule has 1 aliphatic rings. The highest BCUT2D eigenvalue weighted by atomic mass is 32.2. The molecule has 2 N–H and O–H groups in total. The molecule has 4 aromatic rings. The first-order valence-electron chi connectivity index (χ1n) is 12.3. The summed E-state index contributed by atoms with van der Waals surface area (Å²) in [7, 11) is -3.25. The molecular formula is C25H25F3N8O3S. The number of imidazole rings is 1. The molecule has 0 radical (unpaired) electrons. The molecule has 0 spiro atoms. The molecule has 4 heterocycles. The summed E-state index contributed by atoms with van der Waals surface area (Å²) in [5.41, 5.74) is 1.54. The number of benzene rings is 1. The van der Waals surface area contributed by atoms with E-state index in [2.05, 4.69) is 30.6 Å². The molecule has 210 valence electrons. The number of alkyl halides is 3. The Balaban J connectivity index is 1.22. The lowest BCUT2D eigenvalue weighted by Gasteiger charge is -2.38. The summed E-state index contributed by atoms with van der Waals surface area (Å²) in [6.45, 7) is 4.01. The van der Waals surface area contributed by atoms with E-state index < -0.39 is 33.7 Å². The lowest BCUT2D eigenvalue weighted by molar-refractivity contribution is -0.137. The first-order chi connectivity index (χ1) is 18.9. The van der Waals surface area contributed by atoms with Crippen LogP contribution in [0, 0.1) is 0 Å². The standard InChI is InChI=1S/C25H25F3N8O3S/c1-3-40(38,39)35-12-18(13-35)36-14-32-21-10-29-19(8-22(21)36)24(37)33-15(2)20-9-31-23(11-30-20)34-17-6-4-16(5-7-17)25(26,27)28/h4-11,14-15,18H,3,12-13H2,1-2H3,(H,31,34)(H,33,37)/t15-/m1/s1. The van der Waals surface area contributed by atoms with Crippen molar-refractivity contribution in [2.45, 2.75) is 32.1 Å². The van der Waals surface area contributed by atoms with Gasteiger partial charge in [0.15, 0.2) is 0 Å². The van der Waals surface area contributed by atoms with Gasteiger partial charge in [0.2, 0.25) is 10.0 Å². The number of halogens is 3. The van der Waals surface area contributed by atoms with E-state index in [9.17, 15) is 26.4 Å². The number of fused-ring (bicyclic) bond motifs is 1. The number of carbonyl (C=O) groups is 1. The Morgan fingerprint density at radius 3 is 2.42 bits per heavy atom. The third-order valence-corrected chi connectivity index (χ3v) is 8.44. The maximum absolute atomic E-state index is 13.0. The van der Waals surface area contributed by atoms with Crippen molar-refractivity contribution in [3.63, 3.8) is 0 Å². The highest BCUT2D eigenvalue weighted by Crippen LogP contribution is 2.30. The Labute approximate surface area is 227 Å². The number of nitrogens with one attached hydrogen (secondary N) is 2. The van der Waals surface area contributed by atoms with Crippen LogP contribution in [0.4, 0.5) is 24.7 Å². The van der Waals surface area contributed by atoms with Crippen molar-refractivity contribution in [1.29, 1.82) is 0 Å². The minimum absolute atomic E-state index is 0.0413. The second kappa shape index (κ2) is 10.5. The van der Waals surface area contributed by atoms with Gasteiger partial charge in [-0.25, -0.2) is 23.4 Å². The molecule has 0 unspecified atom stereocenters. The lowest BCUT2D eigenvalue weighted by Crippen LogP contribution is -2.50. The van der Waals surface area contributed by atoms with E-state index in [1.807, 2.05) is 4.57 Å². The number of hydrogen-bond acceptors (Lipinski definition) is 8. The highest BCUT2D eigenvalue weighted by Gasteiger charge is 2.36. The van der Waals surface area contributed by atoms with Crippen LogP contribution in [0.1, 0.15) is 47.7 Å². The molecule has 1 aromatic carbocycles. The second-order valence-corrected chi connectivity index (χ2v) is 11.6. The van der Waals surface area contributed by atoms with Gasteiger partial charge in [-0.15, -0.1) is 0 Å². The Bertz CT molecular complexity index is 1630.